The first-order valence-electron chi connectivity index (χ1n) is 23.2. The molecule has 2 aliphatic heterocycles. The van der Waals surface area contributed by atoms with Gasteiger partial charge in [-0.2, -0.15) is 10.2 Å². The van der Waals surface area contributed by atoms with Crippen molar-refractivity contribution in [1.82, 2.24) is 44.0 Å². The molecule has 1 atom stereocenters. The molecule has 4 aromatic heterocycles. The first-order chi connectivity index (χ1) is 32.1. The number of alkyl halides is 2. The smallest absolute Gasteiger partial charge is 0.280 e. The van der Waals surface area contributed by atoms with E-state index >= 15 is 0 Å². The minimum absolute atomic E-state index is 0.187. The van der Waals surface area contributed by atoms with Crippen LogP contribution in [0.4, 0.5) is 8.78 Å². The summed E-state index contributed by atoms with van der Waals surface area (Å²) in [5, 5.41) is 11.7. The van der Waals surface area contributed by atoms with Crippen LogP contribution in [0.5, 0.6) is 23.0 Å². The summed E-state index contributed by atoms with van der Waals surface area (Å²) < 4.78 is 57.0. The van der Waals surface area contributed by atoms with Crippen LogP contribution in [-0.2, 0) is 33.7 Å². The number of nitrogens with zero attached hydrogens (tertiary/aromatic N) is 8. The summed E-state index contributed by atoms with van der Waals surface area (Å²) in [6.45, 7) is 18.8. The Kier molecular flexibility index (Phi) is 14.4. The largest absolute Gasteiger partial charge is 0.496 e. The van der Waals surface area contributed by atoms with Crippen LogP contribution in [0, 0.1) is 0 Å². The molecule has 18 heteroatoms. The second-order valence-corrected chi connectivity index (χ2v) is 18.5. The quantitative estimate of drug-likeness (QED) is 0.116. The Balaban J connectivity index is 1.13. The zero-order valence-electron chi connectivity index (χ0n) is 40.2. The normalized spacial score (nSPS) is 16.3. The van der Waals surface area contributed by atoms with Crippen molar-refractivity contribution in [1.29, 1.82) is 0 Å². The Hall–Kier alpha value is -5.82. The standard InChI is InChI=1S/C49H64F2N10O6/c1-30(2)59-14-10-57(11-15-59)24-33-18-43(64-8)35(20-41(33)66-29-45(50)51)39-27-56(7)49(63)47-40(39)28-61(54-47)23-32(5)67-42-21-36(38-26-55(6)48(62)46-37(38)22-52-53-46)44(65-9)19-34(42)25-58-12-16-60(17-13-58)31(3)4/h18-22,26-28,30-32,45H,10-17,23-25,29H2,1-9H3,(H,52,53,62)/p+1. The maximum atomic E-state index is 13.8. The van der Waals surface area contributed by atoms with Crippen molar-refractivity contribution in [3.05, 3.63) is 80.9 Å². The fraction of sp³-hybridized carbons (Fsp3) is 0.510. The third-order valence-electron chi connectivity index (χ3n) is 13.3. The number of aromatic amines is 2. The molecular weight excluding hydrogens is 863 g/mol. The highest BCUT2D eigenvalue weighted by atomic mass is 19.3. The number of methoxy groups -OCH3 is 2. The van der Waals surface area contributed by atoms with Gasteiger partial charge in [-0.1, -0.05) is 0 Å². The van der Waals surface area contributed by atoms with Gasteiger partial charge in [-0.25, -0.2) is 8.78 Å². The third kappa shape index (κ3) is 10.2. The lowest BCUT2D eigenvalue weighted by Gasteiger charge is -2.37. The number of nitrogens with one attached hydrogen (secondary N) is 2. The molecule has 1 unspecified atom stereocenters. The lowest BCUT2D eigenvalue weighted by molar-refractivity contribution is -0.752. The molecule has 16 nitrogen and oxygen atoms in total. The number of ether oxygens (including phenoxy) is 4. The fourth-order valence-electron chi connectivity index (χ4n) is 9.50. The Morgan fingerprint density at radius 2 is 1.18 bits per heavy atom. The number of aryl methyl sites for hydroxylation is 2. The highest BCUT2D eigenvalue weighted by Crippen LogP contribution is 2.41. The summed E-state index contributed by atoms with van der Waals surface area (Å²) >= 11 is 0. The summed E-state index contributed by atoms with van der Waals surface area (Å²) in [4.78, 5) is 36.4. The zero-order valence-corrected chi connectivity index (χ0v) is 40.2. The molecule has 0 aliphatic carbocycles. The van der Waals surface area contributed by atoms with Crippen LogP contribution in [0.3, 0.4) is 0 Å². The van der Waals surface area contributed by atoms with Gasteiger partial charge < -0.3 is 28.1 Å². The molecule has 0 bridgehead atoms. The average molecular weight is 928 g/mol. The summed E-state index contributed by atoms with van der Waals surface area (Å²) in [5.41, 5.74) is 4.82. The molecule has 67 heavy (non-hydrogen) atoms. The van der Waals surface area contributed by atoms with Crippen LogP contribution >= 0.6 is 0 Å². The maximum Gasteiger partial charge on any atom is 0.280 e. The van der Waals surface area contributed by atoms with Gasteiger partial charge in [-0.15, -0.1) is 4.68 Å². The molecule has 6 heterocycles. The average Bonchev–Trinajstić information content (AvgIpc) is 3.98. The Bertz CT molecular complexity index is 2820. The molecule has 0 radical (unpaired) electrons. The fourth-order valence-corrected chi connectivity index (χ4v) is 9.50. The number of pyridine rings is 2. The second-order valence-electron chi connectivity index (χ2n) is 18.5. The molecule has 2 N–H and O–H groups in total. The molecule has 0 spiro atoms. The van der Waals surface area contributed by atoms with Gasteiger partial charge in [0.1, 0.15) is 35.1 Å². The summed E-state index contributed by atoms with van der Waals surface area (Å²) in [6, 6.07) is 8.56. The Morgan fingerprint density at radius 1 is 0.672 bits per heavy atom. The zero-order chi connectivity index (χ0) is 47.7. The first kappa shape index (κ1) is 47.7. The van der Waals surface area contributed by atoms with Crippen LogP contribution in [0.1, 0.15) is 45.7 Å². The number of fused-ring (bicyclic) bond motifs is 2. The maximum absolute atomic E-state index is 13.8. The molecule has 0 saturated carbocycles. The summed E-state index contributed by atoms with van der Waals surface area (Å²) in [5.74, 6) is 2.18. The van der Waals surface area contributed by atoms with E-state index in [-0.39, 0.29) is 11.1 Å². The molecule has 360 valence electrons. The van der Waals surface area contributed by atoms with E-state index in [1.54, 1.807) is 53.0 Å². The minimum atomic E-state index is -2.66. The van der Waals surface area contributed by atoms with Gasteiger partial charge in [0.25, 0.3) is 17.5 Å². The van der Waals surface area contributed by atoms with E-state index in [0.29, 0.717) is 87.6 Å². The van der Waals surface area contributed by atoms with Crippen molar-refractivity contribution in [2.24, 2.45) is 14.1 Å². The molecule has 0 amide bonds. The number of rotatable bonds is 17. The Morgan fingerprint density at radius 3 is 1.70 bits per heavy atom. The number of H-pyrrole nitrogens is 2. The molecule has 2 aliphatic rings. The van der Waals surface area contributed by atoms with Crippen molar-refractivity contribution in [3.63, 3.8) is 0 Å². The number of hydrogen-bond donors (Lipinski definition) is 2. The van der Waals surface area contributed by atoms with Crippen molar-refractivity contribution in [2.75, 3.05) is 73.2 Å². The van der Waals surface area contributed by atoms with Crippen LogP contribution in [0.25, 0.3) is 44.1 Å². The molecule has 2 fully saturated rings. The van der Waals surface area contributed by atoms with E-state index in [1.807, 2.05) is 36.0 Å². The van der Waals surface area contributed by atoms with Crippen LogP contribution in [0.2, 0.25) is 0 Å². The molecular formula is C49H65F2N10O6+. The number of aromatic nitrogens is 6. The molecule has 2 aromatic carbocycles. The number of hydrogen-bond acceptors (Lipinski definition) is 11. The van der Waals surface area contributed by atoms with Gasteiger partial charge >= 0.3 is 0 Å². The number of halogens is 2. The predicted octanol–water partition coefficient (Wildman–Crippen LogP) is 5.24. The second kappa shape index (κ2) is 20.2. The van der Waals surface area contributed by atoms with Crippen molar-refractivity contribution in [3.8, 4) is 45.3 Å². The highest BCUT2D eigenvalue weighted by Gasteiger charge is 2.28. The van der Waals surface area contributed by atoms with Gasteiger partial charge in [0, 0.05) is 143 Å². The van der Waals surface area contributed by atoms with E-state index in [0.717, 1.165) is 74.6 Å². The van der Waals surface area contributed by atoms with E-state index < -0.39 is 19.1 Å². The number of benzene rings is 2. The van der Waals surface area contributed by atoms with Crippen LogP contribution in [-0.4, -0.2) is 142 Å². The summed E-state index contributed by atoms with van der Waals surface area (Å²) in [7, 11) is 6.62. The van der Waals surface area contributed by atoms with Crippen LogP contribution in [0.15, 0.2) is 58.6 Å². The third-order valence-corrected chi connectivity index (χ3v) is 13.3. The van der Waals surface area contributed by atoms with E-state index in [2.05, 4.69) is 62.6 Å². The van der Waals surface area contributed by atoms with Gasteiger partial charge in [0.15, 0.2) is 11.6 Å². The van der Waals surface area contributed by atoms with E-state index in [4.69, 9.17) is 18.9 Å². The van der Waals surface area contributed by atoms with Gasteiger partial charge in [0.05, 0.1) is 25.8 Å². The van der Waals surface area contributed by atoms with E-state index in [9.17, 15) is 18.4 Å². The monoisotopic (exact) mass is 928 g/mol. The van der Waals surface area contributed by atoms with Crippen LogP contribution < -0.4 is 34.7 Å². The number of piperazine rings is 2. The minimum Gasteiger partial charge on any atom is -0.496 e. The summed E-state index contributed by atoms with van der Waals surface area (Å²) in [6.07, 6.45) is 3.99. The molecule has 6 aromatic rings. The van der Waals surface area contributed by atoms with Gasteiger partial charge in [-0.3, -0.25) is 34.3 Å². The molecule has 2 saturated heterocycles. The topological polar surface area (TPSA) is 142 Å². The lowest BCUT2D eigenvalue weighted by atomic mass is 9.99. The first-order valence-corrected chi connectivity index (χ1v) is 23.2. The lowest BCUT2D eigenvalue weighted by Crippen LogP contribution is -2.48. The van der Waals surface area contributed by atoms with Crippen molar-refractivity contribution < 1.29 is 32.4 Å². The highest BCUT2D eigenvalue weighted by molar-refractivity contribution is 5.96. The van der Waals surface area contributed by atoms with Gasteiger partial charge in [0.2, 0.25) is 12.7 Å². The Labute approximate surface area is 389 Å². The predicted molar refractivity (Wildman–Crippen MR) is 255 cm³/mol. The van der Waals surface area contributed by atoms with E-state index in [1.165, 1.54) is 9.13 Å². The van der Waals surface area contributed by atoms with Crippen molar-refractivity contribution >= 4 is 21.8 Å². The molecule has 8 rings (SSSR count). The SMILES string of the molecule is COc1cc(CN2CCN(C(C)C)CC2)c(OC(C)C[n+]2cc3c(-c4cc(OCC(F)F)c(CN5CCN(C(C)C)CC5)cc4OC)cn(C)c(=O)c3[nH]2)cc1-c1cn(C)c(=O)c2[nH]ncc12. The van der Waals surface area contributed by atoms with Gasteiger partial charge in [-0.05, 0) is 58.9 Å². The van der Waals surface area contributed by atoms with Crippen molar-refractivity contribution in [2.45, 2.75) is 78.9 Å².